The molecule has 2 N–H and O–H groups in total. The molecule has 1 atom stereocenters. The predicted molar refractivity (Wildman–Crippen MR) is 62.4 cm³/mol. The molecule has 0 spiro atoms. The fraction of sp³-hybridized carbons (Fsp3) is 0.500. The van der Waals surface area contributed by atoms with Gasteiger partial charge in [0, 0.05) is 23.9 Å². The summed E-state index contributed by atoms with van der Waals surface area (Å²) in [5, 5.41) is 0. The van der Waals surface area contributed by atoms with Crippen molar-refractivity contribution in [3.8, 4) is 11.5 Å². The summed E-state index contributed by atoms with van der Waals surface area (Å²) in [6, 6.07) is 5.48. The van der Waals surface area contributed by atoms with E-state index >= 15 is 0 Å². The van der Waals surface area contributed by atoms with Crippen LogP contribution >= 0.6 is 0 Å². The summed E-state index contributed by atoms with van der Waals surface area (Å²) in [7, 11) is 0. The highest BCUT2D eigenvalue weighted by molar-refractivity contribution is 5.50. The van der Waals surface area contributed by atoms with Crippen molar-refractivity contribution in [2.45, 2.75) is 33.3 Å². The van der Waals surface area contributed by atoms with E-state index in [1.807, 2.05) is 26.0 Å². The first-order chi connectivity index (χ1) is 7.15. The standard InChI is InChI=1S/C12H19NO2/c1-4-9(3)15-12-7-10(13)6-11(8-12)14-5-2/h6-9H,4-5,13H2,1-3H3. The topological polar surface area (TPSA) is 44.5 Å². The van der Waals surface area contributed by atoms with Crippen molar-refractivity contribution in [1.29, 1.82) is 0 Å². The fourth-order valence-electron chi connectivity index (χ4n) is 1.23. The smallest absolute Gasteiger partial charge is 0.125 e. The molecule has 0 saturated heterocycles. The van der Waals surface area contributed by atoms with Gasteiger partial charge in [-0.15, -0.1) is 0 Å². The second kappa shape index (κ2) is 5.49. The minimum absolute atomic E-state index is 0.196. The second-order valence-electron chi connectivity index (χ2n) is 3.51. The van der Waals surface area contributed by atoms with Gasteiger partial charge >= 0.3 is 0 Å². The van der Waals surface area contributed by atoms with Gasteiger partial charge in [-0.25, -0.2) is 0 Å². The van der Waals surface area contributed by atoms with Gasteiger partial charge in [-0.2, -0.15) is 0 Å². The number of hydrogen-bond acceptors (Lipinski definition) is 3. The Morgan fingerprint density at radius 1 is 1.20 bits per heavy atom. The van der Waals surface area contributed by atoms with Crippen LogP contribution in [0, 0.1) is 0 Å². The zero-order valence-electron chi connectivity index (χ0n) is 9.62. The molecular formula is C12H19NO2. The average Bonchev–Trinajstić information content (AvgIpc) is 2.17. The van der Waals surface area contributed by atoms with Crippen LogP contribution in [0.4, 0.5) is 5.69 Å². The normalized spacial score (nSPS) is 12.2. The van der Waals surface area contributed by atoms with Crippen molar-refractivity contribution >= 4 is 5.69 Å². The minimum Gasteiger partial charge on any atom is -0.494 e. The molecule has 3 nitrogen and oxygen atoms in total. The Kier molecular flexibility index (Phi) is 4.28. The number of hydrogen-bond donors (Lipinski definition) is 1. The number of rotatable bonds is 5. The van der Waals surface area contributed by atoms with Gasteiger partial charge in [-0.3, -0.25) is 0 Å². The van der Waals surface area contributed by atoms with Crippen LogP contribution in [0.3, 0.4) is 0 Å². The lowest BCUT2D eigenvalue weighted by Crippen LogP contribution is -2.10. The number of benzene rings is 1. The Hall–Kier alpha value is -1.38. The lowest BCUT2D eigenvalue weighted by Gasteiger charge is -2.14. The molecule has 3 heteroatoms. The van der Waals surface area contributed by atoms with Crippen LogP contribution in [0.5, 0.6) is 11.5 Å². The Bertz CT molecular complexity index is 312. The first-order valence-electron chi connectivity index (χ1n) is 5.35. The van der Waals surface area contributed by atoms with Crippen molar-refractivity contribution < 1.29 is 9.47 Å². The van der Waals surface area contributed by atoms with Crippen molar-refractivity contribution in [3.05, 3.63) is 18.2 Å². The molecule has 0 bridgehead atoms. The van der Waals surface area contributed by atoms with Crippen LogP contribution in [0.25, 0.3) is 0 Å². The largest absolute Gasteiger partial charge is 0.494 e. The molecule has 1 aromatic rings. The third-order valence-corrected chi connectivity index (χ3v) is 2.13. The summed E-state index contributed by atoms with van der Waals surface area (Å²) < 4.78 is 11.1. The van der Waals surface area contributed by atoms with Gasteiger partial charge in [-0.05, 0) is 20.3 Å². The van der Waals surface area contributed by atoms with Crippen molar-refractivity contribution in [2.24, 2.45) is 0 Å². The summed E-state index contributed by atoms with van der Waals surface area (Å²) in [6.45, 7) is 6.69. The molecule has 0 aliphatic rings. The highest BCUT2D eigenvalue weighted by Crippen LogP contribution is 2.25. The summed E-state index contributed by atoms with van der Waals surface area (Å²) in [4.78, 5) is 0. The van der Waals surface area contributed by atoms with Gasteiger partial charge in [0.2, 0.25) is 0 Å². The van der Waals surface area contributed by atoms with Crippen LogP contribution in [-0.4, -0.2) is 12.7 Å². The Morgan fingerprint density at radius 2 is 1.87 bits per heavy atom. The highest BCUT2D eigenvalue weighted by Gasteiger charge is 2.04. The molecule has 0 heterocycles. The van der Waals surface area contributed by atoms with Gasteiger partial charge in [0.15, 0.2) is 0 Å². The molecular weight excluding hydrogens is 190 g/mol. The van der Waals surface area contributed by atoms with Crippen LogP contribution in [0.2, 0.25) is 0 Å². The first kappa shape index (κ1) is 11.7. The predicted octanol–water partition coefficient (Wildman–Crippen LogP) is 2.84. The van der Waals surface area contributed by atoms with Gasteiger partial charge in [0.25, 0.3) is 0 Å². The monoisotopic (exact) mass is 209 g/mol. The zero-order chi connectivity index (χ0) is 11.3. The number of ether oxygens (including phenoxy) is 2. The zero-order valence-corrected chi connectivity index (χ0v) is 9.62. The second-order valence-corrected chi connectivity index (χ2v) is 3.51. The molecule has 1 unspecified atom stereocenters. The summed E-state index contributed by atoms with van der Waals surface area (Å²) in [5.74, 6) is 1.53. The molecule has 0 fully saturated rings. The van der Waals surface area contributed by atoms with Gasteiger partial charge in [0.05, 0.1) is 12.7 Å². The summed E-state index contributed by atoms with van der Waals surface area (Å²) >= 11 is 0. The van der Waals surface area contributed by atoms with E-state index < -0.39 is 0 Å². The maximum absolute atomic E-state index is 5.75. The molecule has 84 valence electrons. The van der Waals surface area contributed by atoms with E-state index in [1.165, 1.54) is 0 Å². The maximum Gasteiger partial charge on any atom is 0.125 e. The summed E-state index contributed by atoms with van der Waals surface area (Å²) in [6.07, 6.45) is 1.17. The molecule has 15 heavy (non-hydrogen) atoms. The molecule has 0 radical (unpaired) electrons. The molecule has 1 rings (SSSR count). The van der Waals surface area contributed by atoms with E-state index in [4.69, 9.17) is 15.2 Å². The third kappa shape index (κ3) is 3.70. The van der Waals surface area contributed by atoms with E-state index in [-0.39, 0.29) is 6.10 Å². The Balaban J connectivity index is 2.78. The Morgan fingerprint density at radius 3 is 2.47 bits per heavy atom. The van der Waals surface area contributed by atoms with E-state index in [0.717, 1.165) is 17.9 Å². The molecule has 0 aromatic heterocycles. The van der Waals surface area contributed by atoms with Crippen molar-refractivity contribution in [2.75, 3.05) is 12.3 Å². The number of nitrogens with two attached hydrogens (primary N) is 1. The Labute approximate surface area is 91.2 Å². The van der Waals surface area contributed by atoms with Crippen LogP contribution in [0.1, 0.15) is 27.2 Å². The molecule has 0 aliphatic heterocycles. The minimum atomic E-state index is 0.196. The van der Waals surface area contributed by atoms with E-state index in [1.54, 1.807) is 6.07 Å². The van der Waals surface area contributed by atoms with Crippen molar-refractivity contribution in [1.82, 2.24) is 0 Å². The van der Waals surface area contributed by atoms with Crippen LogP contribution < -0.4 is 15.2 Å². The van der Waals surface area contributed by atoms with Gasteiger partial charge < -0.3 is 15.2 Å². The van der Waals surface area contributed by atoms with Gasteiger partial charge in [-0.1, -0.05) is 6.92 Å². The van der Waals surface area contributed by atoms with E-state index in [2.05, 4.69) is 6.92 Å². The lowest BCUT2D eigenvalue weighted by atomic mass is 10.2. The fourth-order valence-corrected chi connectivity index (χ4v) is 1.23. The SMILES string of the molecule is CCOc1cc(N)cc(OC(C)CC)c1. The highest BCUT2D eigenvalue weighted by atomic mass is 16.5. The average molecular weight is 209 g/mol. The maximum atomic E-state index is 5.75. The van der Waals surface area contributed by atoms with E-state index in [9.17, 15) is 0 Å². The quantitative estimate of drug-likeness (QED) is 0.758. The molecule has 0 amide bonds. The van der Waals surface area contributed by atoms with Crippen LogP contribution in [-0.2, 0) is 0 Å². The van der Waals surface area contributed by atoms with Gasteiger partial charge in [0.1, 0.15) is 11.5 Å². The molecule has 1 aromatic carbocycles. The number of nitrogen functional groups attached to an aromatic ring is 1. The van der Waals surface area contributed by atoms with Crippen LogP contribution in [0.15, 0.2) is 18.2 Å². The first-order valence-corrected chi connectivity index (χ1v) is 5.35. The lowest BCUT2D eigenvalue weighted by molar-refractivity contribution is 0.216. The summed E-state index contributed by atoms with van der Waals surface area (Å²) in [5.41, 5.74) is 6.41. The third-order valence-electron chi connectivity index (χ3n) is 2.13. The molecule has 0 aliphatic carbocycles. The van der Waals surface area contributed by atoms with Crippen molar-refractivity contribution in [3.63, 3.8) is 0 Å². The number of anilines is 1. The van der Waals surface area contributed by atoms with E-state index in [0.29, 0.717) is 12.3 Å². The molecule has 0 saturated carbocycles.